The zero-order valence-electron chi connectivity index (χ0n) is 16.6. The topological polar surface area (TPSA) is 130 Å². The molecule has 0 atom stereocenters. The number of hydrogen-bond acceptors (Lipinski definition) is 7. The first kappa shape index (κ1) is 21.2. The zero-order chi connectivity index (χ0) is 22.7. The molecule has 0 unspecified atom stereocenters. The first-order valence-electron chi connectivity index (χ1n) is 9.58. The zero-order valence-corrected chi connectivity index (χ0v) is 17.4. The number of nitrogens with one attached hydrogen (secondary N) is 2. The Morgan fingerprint density at radius 1 is 1.09 bits per heavy atom. The summed E-state index contributed by atoms with van der Waals surface area (Å²) >= 11 is 1.46. The number of hydrogen-bond donors (Lipinski definition) is 4. The second-order valence-electron chi connectivity index (χ2n) is 6.91. The molecule has 0 bridgehead atoms. The van der Waals surface area contributed by atoms with E-state index in [0.717, 1.165) is 16.3 Å². The molecule has 2 aromatic carbocycles. The van der Waals surface area contributed by atoms with E-state index < -0.39 is 17.7 Å². The van der Waals surface area contributed by atoms with Crippen LogP contribution >= 0.6 is 11.3 Å². The number of para-hydroxylation sites is 1. The molecule has 0 aliphatic heterocycles. The number of benzene rings is 2. The van der Waals surface area contributed by atoms with Crippen molar-refractivity contribution in [2.75, 3.05) is 10.6 Å². The lowest BCUT2D eigenvalue weighted by molar-refractivity contribution is -0.136. The highest BCUT2D eigenvalue weighted by molar-refractivity contribution is 7.16. The van der Waals surface area contributed by atoms with Crippen molar-refractivity contribution in [2.24, 2.45) is 5.73 Å². The number of thiazole rings is 1. The van der Waals surface area contributed by atoms with Crippen LogP contribution in [0.3, 0.4) is 0 Å². The fourth-order valence-corrected chi connectivity index (χ4v) is 3.87. The van der Waals surface area contributed by atoms with Crippen molar-refractivity contribution in [1.29, 1.82) is 0 Å². The summed E-state index contributed by atoms with van der Waals surface area (Å²) in [5.74, 6) is -2.56. The van der Waals surface area contributed by atoms with E-state index in [4.69, 9.17) is 10.8 Å². The van der Waals surface area contributed by atoms with Gasteiger partial charge in [-0.05, 0) is 42.3 Å². The van der Waals surface area contributed by atoms with Gasteiger partial charge in [-0.25, -0.2) is 14.4 Å². The lowest BCUT2D eigenvalue weighted by atomic mass is 10.1. The van der Waals surface area contributed by atoms with Gasteiger partial charge in [0.15, 0.2) is 11.6 Å². The number of aliphatic carboxylic acids is 1. The smallest absolute Gasteiger partial charge is 0.303 e. The van der Waals surface area contributed by atoms with Gasteiger partial charge in [0.1, 0.15) is 5.82 Å². The number of anilines is 4. The van der Waals surface area contributed by atoms with Crippen LogP contribution in [-0.4, -0.2) is 27.0 Å². The van der Waals surface area contributed by atoms with Crippen molar-refractivity contribution in [2.45, 2.75) is 12.8 Å². The molecule has 0 radical (unpaired) electrons. The number of carboxylic acid groups (broad SMARTS) is 1. The molecule has 32 heavy (non-hydrogen) atoms. The molecular formula is C22H18FN5O3S. The largest absolute Gasteiger partial charge is 0.481 e. The van der Waals surface area contributed by atoms with Crippen LogP contribution < -0.4 is 16.4 Å². The molecule has 4 rings (SSSR count). The van der Waals surface area contributed by atoms with E-state index in [1.165, 1.54) is 11.3 Å². The summed E-state index contributed by atoms with van der Waals surface area (Å²) in [6.45, 7) is 0. The number of aromatic nitrogens is 2. The van der Waals surface area contributed by atoms with Gasteiger partial charge in [-0.15, -0.1) is 11.3 Å². The molecule has 1 amide bonds. The van der Waals surface area contributed by atoms with E-state index in [9.17, 15) is 14.0 Å². The van der Waals surface area contributed by atoms with Gasteiger partial charge in [0.05, 0.1) is 21.3 Å². The minimum atomic E-state index is -0.931. The van der Waals surface area contributed by atoms with Crippen LogP contribution in [0.1, 0.15) is 22.3 Å². The molecule has 0 aliphatic rings. The second-order valence-corrected chi connectivity index (χ2v) is 7.80. The number of nitrogens with zero attached hydrogens (tertiary/aromatic N) is 2. The molecule has 2 heterocycles. The minimum absolute atomic E-state index is 0.0674. The summed E-state index contributed by atoms with van der Waals surface area (Å²) in [6, 6.07) is 13.4. The van der Waals surface area contributed by atoms with Crippen molar-refractivity contribution in [3.05, 3.63) is 71.0 Å². The second kappa shape index (κ2) is 8.98. The van der Waals surface area contributed by atoms with Crippen LogP contribution in [0.5, 0.6) is 0 Å². The summed E-state index contributed by atoms with van der Waals surface area (Å²) in [5.41, 5.74) is 9.75. The monoisotopic (exact) mass is 451 g/mol. The van der Waals surface area contributed by atoms with E-state index in [2.05, 4.69) is 20.6 Å². The number of rotatable bonds is 8. The maximum Gasteiger partial charge on any atom is 0.303 e. The number of halogens is 1. The summed E-state index contributed by atoms with van der Waals surface area (Å²) in [4.78, 5) is 31.3. The molecule has 10 heteroatoms. The standard InChI is InChI=1S/C22H18FN5O3S/c23-15-10-14(20(24)31)21(26-13-6-7-17-18(9-13)32-11-25-17)28-22(15)27-16-4-2-1-3-12(16)5-8-19(29)30/h1-4,6-7,9-11H,5,8H2,(H2,24,31)(H,29,30)(H2,26,27,28). The Labute approximate surface area is 185 Å². The molecule has 0 spiro atoms. The minimum Gasteiger partial charge on any atom is -0.481 e. The van der Waals surface area contributed by atoms with E-state index in [1.54, 1.807) is 35.8 Å². The molecule has 4 aromatic rings. The van der Waals surface area contributed by atoms with Crippen LogP contribution in [0.15, 0.2) is 54.0 Å². The lowest BCUT2D eigenvalue weighted by Crippen LogP contribution is -2.16. The number of primary amides is 1. The predicted octanol–water partition coefficient (Wildman–Crippen LogP) is 4.43. The predicted molar refractivity (Wildman–Crippen MR) is 121 cm³/mol. The summed E-state index contributed by atoms with van der Waals surface area (Å²) in [6.07, 6.45) is 0.196. The Balaban J connectivity index is 1.68. The van der Waals surface area contributed by atoms with Gasteiger partial charge in [0.25, 0.3) is 5.91 Å². The number of pyridine rings is 1. The molecule has 0 saturated carbocycles. The van der Waals surface area contributed by atoms with Gasteiger partial charge >= 0.3 is 5.97 Å². The Morgan fingerprint density at radius 3 is 2.69 bits per heavy atom. The van der Waals surface area contributed by atoms with Gasteiger partial charge in [0.2, 0.25) is 0 Å². The van der Waals surface area contributed by atoms with E-state index in [1.807, 2.05) is 12.1 Å². The van der Waals surface area contributed by atoms with E-state index in [0.29, 0.717) is 16.9 Å². The van der Waals surface area contributed by atoms with Crippen LogP contribution in [0.25, 0.3) is 10.2 Å². The Kier molecular flexibility index (Phi) is 5.95. The van der Waals surface area contributed by atoms with Crippen molar-refractivity contribution in [3.8, 4) is 0 Å². The lowest BCUT2D eigenvalue weighted by Gasteiger charge is -2.15. The van der Waals surface area contributed by atoms with Crippen LogP contribution in [0.4, 0.5) is 27.4 Å². The van der Waals surface area contributed by atoms with Gasteiger partial charge in [-0.3, -0.25) is 9.59 Å². The molecule has 0 aliphatic carbocycles. The van der Waals surface area contributed by atoms with Crippen molar-refractivity contribution in [3.63, 3.8) is 0 Å². The average Bonchev–Trinajstić information content (AvgIpc) is 3.23. The van der Waals surface area contributed by atoms with Crippen LogP contribution in [-0.2, 0) is 11.2 Å². The van der Waals surface area contributed by atoms with Gasteiger partial charge in [-0.1, -0.05) is 18.2 Å². The summed E-state index contributed by atoms with van der Waals surface area (Å²) in [7, 11) is 0. The van der Waals surface area contributed by atoms with Crippen molar-refractivity contribution in [1.82, 2.24) is 9.97 Å². The number of nitrogens with two attached hydrogens (primary N) is 1. The summed E-state index contributed by atoms with van der Waals surface area (Å²) in [5, 5.41) is 14.9. The third kappa shape index (κ3) is 4.65. The van der Waals surface area contributed by atoms with Crippen LogP contribution in [0.2, 0.25) is 0 Å². The number of carbonyl (C=O) groups is 2. The van der Waals surface area contributed by atoms with E-state index in [-0.39, 0.29) is 30.0 Å². The molecule has 0 saturated heterocycles. The SMILES string of the molecule is NC(=O)c1cc(F)c(Nc2ccccc2CCC(=O)O)nc1Nc1ccc2ncsc2c1. The highest BCUT2D eigenvalue weighted by Gasteiger charge is 2.17. The normalized spacial score (nSPS) is 10.8. The average molecular weight is 451 g/mol. The molecule has 162 valence electrons. The molecule has 5 N–H and O–H groups in total. The highest BCUT2D eigenvalue weighted by Crippen LogP contribution is 2.29. The number of carboxylic acids is 1. The molecule has 2 aromatic heterocycles. The quantitative estimate of drug-likeness (QED) is 0.312. The Bertz CT molecular complexity index is 1320. The fourth-order valence-electron chi connectivity index (χ4n) is 3.16. The van der Waals surface area contributed by atoms with Gasteiger partial charge in [-0.2, -0.15) is 0 Å². The highest BCUT2D eigenvalue weighted by atomic mass is 32.1. The van der Waals surface area contributed by atoms with E-state index >= 15 is 0 Å². The molecular weight excluding hydrogens is 433 g/mol. The number of fused-ring (bicyclic) bond motifs is 1. The maximum atomic E-state index is 14.8. The molecule has 0 fully saturated rings. The first-order chi connectivity index (χ1) is 15.4. The van der Waals surface area contributed by atoms with Crippen molar-refractivity contribution >= 4 is 56.4 Å². The molecule has 8 nitrogen and oxygen atoms in total. The number of aryl methyl sites for hydroxylation is 1. The van der Waals surface area contributed by atoms with Crippen LogP contribution in [0, 0.1) is 5.82 Å². The van der Waals surface area contributed by atoms with Gasteiger partial charge in [0, 0.05) is 17.8 Å². The Hall–Kier alpha value is -4.05. The number of carbonyl (C=O) groups excluding carboxylic acids is 1. The third-order valence-electron chi connectivity index (χ3n) is 4.71. The third-order valence-corrected chi connectivity index (χ3v) is 5.51. The number of amides is 1. The summed E-state index contributed by atoms with van der Waals surface area (Å²) < 4.78 is 15.7. The van der Waals surface area contributed by atoms with Gasteiger partial charge < -0.3 is 21.5 Å². The fraction of sp³-hybridized carbons (Fsp3) is 0.0909. The van der Waals surface area contributed by atoms with Crippen molar-refractivity contribution < 1.29 is 19.1 Å². The maximum absolute atomic E-state index is 14.8. The Morgan fingerprint density at radius 2 is 1.91 bits per heavy atom. The first-order valence-corrected chi connectivity index (χ1v) is 10.5.